The zero-order valence-electron chi connectivity index (χ0n) is 3.64. The van der Waals surface area contributed by atoms with Crippen LogP contribution >= 0.6 is 0 Å². The van der Waals surface area contributed by atoms with Gasteiger partial charge in [-0.05, 0) is 6.92 Å². The quantitative estimate of drug-likeness (QED) is 0.251. The first kappa shape index (κ1) is 5.47. The Morgan fingerprint density at radius 2 is 2.33 bits per heavy atom. The molecular formula is C4H5BO. The summed E-state index contributed by atoms with van der Waals surface area (Å²) in [6.07, 6.45) is 2.16. The standard InChI is InChI=1S/C4H5BO/c1-2-4(5)3-6/h2-3H,1H3/b4-2-. The highest BCUT2D eigenvalue weighted by atomic mass is 16.1. The monoisotopic (exact) mass is 80.0 g/mol. The highest BCUT2D eigenvalue weighted by Gasteiger charge is 1.72. The number of allylic oxidation sites excluding steroid dienone is 2. The molecule has 0 aliphatic heterocycles. The van der Waals surface area contributed by atoms with Crippen molar-refractivity contribution in [3.8, 4) is 0 Å². The van der Waals surface area contributed by atoms with Crippen LogP contribution in [-0.4, -0.2) is 14.1 Å². The average Bonchev–Trinajstić information content (AvgIpc) is 1.65. The van der Waals surface area contributed by atoms with E-state index in [0.717, 1.165) is 0 Å². The second-order valence-corrected chi connectivity index (χ2v) is 0.907. The van der Waals surface area contributed by atoms with Gasteiger partial charge in [0.15, 0.2) is 0 Å². The Balaban J connectivity index is 3.50. The second kappa shape index (κ2) is 2.70. The molecular weight excluding hydrogens is 74.9 g/mol. The summed E-state index contributed by atoms with van der Waals surface area (Å²) in [6.45, 7) is 1.71. The molecule has 0 saturated heterocycles. The number of rotatable bonds is 1. The van der Waals surface area contributed by atoms with Gasteiger partial charge in [-0.15, -0.1) is 0 Å². The van der Waals surface area contributed by atoms with E-state index >= 15 is 0 Å². The third-order valence-corrected chi connectivity index (χ3v) is 0.469. The summed E-state index contributed by atoms with van der Waals surface area (Å²) in [7, 11) is 4.97. The largest absolute Gasteiger partial charge is 0.299 e. The predicted octanol–water partition coefficient (Wildman–Crippen LogP) is 0.258. The van der Waals surface area contributed by atoms with E-state index in [1.54, 1.807) is 13.0 Å². The van der Waals surface area contributed by atoms with Gasteiger partial charge in [0.1, 0.15) is 14.1 Å². The van der Waals surface area contributed by atoms with E-state index in [1.165, 1.54) is 0 Å². The minimum atomic E-state index is 0.287. The molecule has 0 aromatic rings. The van der Waals surface area contributed by atoms with Crippen LogP contribution in [0.5, 0.6) is 0 Å². The summed E-state index contributed by atoms with van der Waals surface area (Å²) in [6, 6.07) is 0. The highest BCUT2D eigenvalue weighted by Crippen LogP contribution is 1.73. The maximum absolute atomic E-state index is 9.54. The van der Waals surface area contributed by atoms with Gasteiger partial charge in [0.25, 0.3) is 0 Å². The molecule has 0 saturated carbocycles. The predicted molar refractivity (Wildman–Crippen MR) is 25.6 cm³/mol. The molecule has 0 aromatic heterocycles. The smallest absolute Gasteiger partial charge is 0.135 e. The van der Waals surface area contributed by atoms with Crippen molar-refractivity contribution < 1.29 is 4.79 Å². The number of hydrogen-bond donors (Lipinski definition) is 0. The molecule has 0 heterocycles. The average molecular weight is 79.9 g/mol. The summed E-state index contributed by atoms with van der Waals surface area (Å²) in [4.78, 5) is 9.54. The van der Waals surface area contributed by atoms with Crippen LogP contribution in [0.2, 0.25) is 0 Å². The molecule has 0 spiro atoms. The molecule has 0 aliphatic rings. The molecule has 0 aliphatic carbocycles. The minimum absolute atomic E-state index is 0.287. The summed E-state index contributed by atoms with van der Waals surface area (Å²) >= 11 is 0. The Morgan fingerprint density at radius 3 is 2.33 bits per heavy atom. The van der Waals surface area contributed by atoms with Crippen molar-refractivity contribution in [2.45, 2.75) is 6.92 Å². The van der Waals surface area contributed by atoms with Gasteiger partial charge in [-0.1, -0.05) is 11.5 Å². The first-order valence-corrected chi connectivity index (χ1v) is 1.68. The fourth-order valence-corrected chi connectivity index (χ4v) is 0.0680. The summed E-state index contributed by atoms with van der Waals surface area (Å²) in [5.74, 6) is 0. The SMILES string of the molecule is [B]/C(C=O)=C\C. The Labute approximate surface area is 38.5 Å². The zero-order valence-corrected chi connectivity index (χ0v) is 3.64. The normalized spacial score (nSPS) is 11.2. The van der Waals surface area contributed by atoms with Crippen molar-refractivity contribution in [1.82, 2.24) is 0 Å². The first-order chi connectivity index (χ1) is 2.81. The van der Waals surface area contributed by atoms with Crippen molar-refractivity contribution in [2.24, 2.45) is 0 Å². The molecule has 0 unspecified atom stereocenters. The fourth-order valence-electron chi connectivity index (χ4n) is 0.0680. The van der Waals surface area contributed by atoms with E-state index in [1.807, 2.05) is 0 Å². The van der Waals surface area contributed by atoms with E-state index in [0.29, 0.717) is 6.29 Å². The van der Waals surface area contributed by atoms with Crippen molar-refractivity contribution in [3.05, 3.63) is 11.5 Å². The summed E-state index contributed by atoms with van der Waals surface area (Å²) < 4.78 is 0. The molecule has 2 radical (unpaired) electrons. The summed E-state index contributed by atoms with van der Waals surface area (Å²) in [5.41, 5.74) is 0.287. The van der Waals surface area contributed by atoms with E-state index in [-0.39, 0.29) is 5.47 Å². The lowest BCUT2D eigenvalue weighted by Crippen LogP contribution is -1.77. The van der Waals surface area contributed by atoms with Crippen molar-refractivity contribution >= 4 is 14.1 Å². The Bertz CT molecular complexity index is 75.6. The van der Waals surface area contributed by atoms with Gasteiger partial charge in [0.2, 0.25) is 0 Å². The van der Waals surface area contributed by atoms with Gasteiger partial charge in [0, 0.05) is 0 Å². The maximum atomic E-state index is 9.54. The molecule has 0 amide bonds. The molecule has 0 rings (SSSR count). The molecule has 0 N–H and O–H groups in total. The van der Waals surface area contributed by atoms with E-state index in [4.69, 9.17) is 7.85 Å². The second-order valence-electron chi connectivity index (χ2n) is 0.907. The lowest BCUT2D eigenvalue weighted by Gasteiger charge is -1.73. The number of carbonyl (C=O) groups excluding carboxylic acids is 1. The zero-order chi connectivity index (χ0) is 4.99. The van der Waals surface area contributed by atoms with Gasteiger partial charge in [0.05, 0.1) is 0 Å². The van der Waals surface area contributed by atoms with Crippen molar-refractivity contribution in [1.29, 1.82) is 0 Å². The Morgan fingerprint density at radius 1 is 1.83 bits per heavy atom. The highest BCUT2D eigenvalue weighted by molar-refractivity contribution is 6.31. The molecule has 0 atom stereocenters. The molecule has 0 aromatic carbocycles. The van der Waals surface area contributed by atoms with Gasteiger partial charge < -0.3 is 0 Å². The fraction of sp³-hybridized carbons (Fsp3) is 0.250. The van der Waals surface area contributed by atoms with Crippen LogP contribution in [0.3, 0.4) is 0 Å². The topological polar surface area (TPSA) is 17.1 Å². The van der Waals surface area contributed by atoms with Crippen molar-refractivity contribution in [3.63, 3.8) is 0 Å². The van der Waals surface area contributed by atoms with Crippen LogP contribution in [0.25, 0.3) is 0 Å². The van der Waals surface area contributed by atoms with Crippen LogP contribution in [0.4, 0.5) is 0 Å². The lowest BCUT2D eigenvalue weighted by molar-refractivity contribution is -0.104. The third-order valence-electron chi connectivity index (χ3n) is 0.469. The number of aldehydes is 1. The van der Waals surface area contributed by atoms with Gasteiger partial charge >= 0.3 is 0 Å². The van der Waals surface area contributed by atoms with Crippen LogP contribution in [-0.2, 0) is 4.79 Å². The Kier molecular flexibility index (Phi) is 2.46. The lowest BCUT2D eigenvalue weighted by atomic mass is 9.98. The first-order valence-electron chi connectivity index (χ1n) is 1.68. The van der Waals surface area contributed by atoms with E-state index < -0.39 is 0 Å². The number of hydrogen-bond acceptors (Lipinski definition) is 1. The number of carbonyl (C=O) groups is 1. The molecule has 2 heteroatoms. The van der Waals surface area contributed by atoms with Crippen LogP contribution in [0.15, 0.2) is 11.5 Å². The van der Waals surface area contributed by atoms with E-state index in [9.17, 15) is 4.79 Å². The van der Waals surface area contributed by atoms with E-state index in [2.05, 4.69) is 0 Å². The summed E-state index contributed by atoms with van der Waals surface area (Å²) in [5, 5.41) is 0. The van der Waals surface area contributed by atoms with Gasteiger partial charge in [-0.25, -0.2) is 0 Å². The van der Waals surface area contributed by atoms with Gasteiger partial charge in [-0.3, -0.25) is 4.79 Å². The van der Waals surface area contributed by atoms with Gasteiger partial charge in [-0.2, -0.15) is 0 Å². The van der Waals surface area contributed by atoms with Crippen LogP contribution in [0, 0.1) is 0 Å². The Hall–Kier alpha value is -0.525. The minimum Gasteiger partial charge on any atom is -0.299 e. The molecule has 6 heavy (non-hydrogen) atoms. The molecule has 30 valence electrons. The van der Waals surface area contributed by atoms with Crippen molar-refractivity contribution in [2.75, 3.05) is 0 Å². The molecule has 1 nitrogen and oxygen atoms in total. The van der Waals surface area contributed by atoms with Crippen LogP contribution in [0.1, 0.15) is 6.92 Å². The van der Waals surface area contributed by atoms with Crippen LogP contribution < -0.4 is 0 Å². The molecule has 0 fully saturated rings. The maximum Gasteiger partial charge on any atom is 0.135 e. The molecule has 0 bridgehead atoms. The third kappa shape index (κ3) is 1.76.